The quantitative estimate of drug-likeness (QED) is 0.634. The van der Waals surface area contributed by atoms with Gasteiger partial charge in [0.05, 0.1) is 0 Å². The Morgan fingerprint density at radius 1 is 1.58 bits per heavy atom. The highest BCUT2D eigenvalue weighted by molar-refractivity contribution is 9.09. The Hall–Kier alpha value is 0.150. The highest BCUT2D eigenvalue weighted by atomic mass is 79.9. The first-order valence-corrected chi connectivity index (χ1v) is 5.76. The molecular weight excluding hydrogens is 216 g/mol. The normalized spacial score (nSPS) is 51.9. The van der Waals surface area contributed by atoms with Gasteiger partial charge in [0, 0.05) is 17.2 Å². The molecule has 0 aliphatic heterocycles. The maximum absolute atomic E-state index is 11.7. The number of rotatable bonds is 1. The zero-order valence-corrected chi connectivity index (χ0v) is 9.28. The fourth-order valence-corrected chi connectivity index (χ4v) is 4.09. The lowest BCUT2D eigenvalue weighted by Crippen LogP contribution is -2.36. The SMILES string of the molecule is C[C@]12CC[C@H](CC1=O)[C@@]2(C)CBr. The Morgan fingerprint density at radius 2 is 2.25 bits per heavy atom. The van der Waals surface area contributed by atoms with Crippen LogP contribution in [0.3, 0.4) is 0 Å². The number of fused-ring (bicyclic) bond motifs is 2. The molecule has 2 heteroatoms. The highest BCUT2D eigenvalue weighted by Gasteiger charge is 2.63. The monoisotopic (exact) mass is 230 g/mol. The van der Waals surface area contributed by atoms with Gasteiger partial charge in [-0.25, -0.2) is 0 Å². The molecule has 0 unspecified atom stereocenters. The summed E-state index contributed by atoms with van der Waals surface area (Å²) in [7, 11) is 0. The van der Waals surface area contributed by atoms with E-state index in [0.717, 1.165) is 18.2 Å². The second-order valence-corrected chi connectivity index (χ2v) is 5.31. The number of Topliss-reactive ketones (excluding diaryl/α,β-unsaturated/α-hetero) is 1. The molecule has 68 valence electrons. The van der Waals surface area contributed by atoms with Crippen LogP contribution >= 0.6 is 15.9 Å². The standard InChI is InChI=1S/C10H15BrO/c1-9-4-3-7(5-8(9)12)10(9,2)6-11/h7H,3-6H2,1-2H3/t7-,9+,10-/m1/s1. The van der Waals surface area contributed by atoms with Crippen LogP contribution in [0, 0.1) is 16.7 Å². The summed E-state index contributed by atoms with van der Waals surface area (Å²) < 4.78 is 0. The lowest BCUT2D eigenvalue weighted by atomic mass is 9.70. The van der Waals surface area contributed by atoms with Gasteiger partial charge in [-0.3, -0.25) is 4.79 Å². The second-order valence-electron chi connectivity index (χ2n) is 4.75. The molecule has 1 nitrogen and oxygen atoms in total. The van der Waals surface area contributed by atoms with E-state index in [9.17, 15) is 4.79 Å². The van der Waals surface area contributed by atoms with Crippen LogP contribution in [0.1, 0.15) is 33.1 Å². The van der Waals surface area contributed by atoms with E-state index in [-0.39, 0.29) is 10.8 Å². The summed E-state index contributed by atoms with van der Waals surface area (Å²) in [5, 5.41) is 0.979. The maximum atomic E-state index is 11.7. The van der Waals surface area contributed by atoms with E-state index >= 15 is 0 Å². The summed E-state index contributed by atoms with van der Waals surface area (Å²) in [6, 6.07) is 0. The summed E-state index contributed by atoms with van der Waals surface area (Å²) >= 11 is 3.56. The fourth-order valence-electron chi connectivity index (χ4n) is 3.01. The van der Waals surface area contributed by atoms with E-state index in [1.807, 2.05) is 0 Å². The third-order valence-corrected chi connectivity index (χ3v) is 5.64. The zero-order valence-electron chi connectivity index (χ0n) is 7.69. The molecule has 0 spiro atoms. The zero-order chi connectivity index (χ0) is 8.98. The Balaban J connectivity index is 2.44. The molecule has 3 atom stereocenters. The first-order chi connectivity index (χ1) is 5.54. The van der Waals surface area contributed by atoms with Crippen molar-refractivity contribution in [1.82, 2.24) is 0 Å². The number of hydrogen-bond acceptors (Lipinski definition) is 1. The second kappa shape index (κ2) is 2.34. The minimum atomic E-state index is -0.0127. The van der Waals surface area contributed by atoms with Crippen molar-refractivity contribution >= 4 is 21.7 Å². The minimum absolute atomic E-state index is 0.0127. The third kappa shape index (κ3) is 0.729. The summed E-state index contributed by atoms with van der Waals surface area (Å²) in [4.78, 5) is 11.7. The molecule has 2 rings (SSSR count). The van der Waals surface area contributed by atoms with Crippen molar-refractivity contribution in [2.45, 2.75) is 33.1 Å². The van der Waals surface area contributed by atoms with Gasteiger partial charge in [0.15, 0.2) is 0 Å². The third-order valence-electron chi connectivity index (χ3n) is 4.48. The van der Waals surface area contributed by atoms with E-state index in [2.05, 4.69) is 29.8 Å². The molecule has 2 bridgehead atoms. The number of halogens is 1. The maximum Gasteiger partial charge on any atom is 0.139 e. The van der Waals surface area contributed by atoms with Gasteiger partial charge in [-0.15, -0.1) is 0 Å². The molecule has 2 aliphatic rings. The number of carbonyl (C=O) groups is 1. The number of alkyl halides is 1. The Labute approximate surface area is 82.0 Å². The van der Waals surface area contributed by atoms with Gasteiger partial charge in [0.2, 0.25) is 0 Å². The van der Waals surface area contributed by atoms with Crippen molar-refractivity contribution in [2.24, 2.45) is 16.7 Å². The molecular formula is C10H15BrO. The summed E-state index contributed by atoms with van der Waals surface area (Å²) in [5.41, 5.74) is 0.227. The van der Waals surface area contributed by atoms with Crippen LogP contribution in [0.25, 0.3) is 0 Å². The topological polar surface area (TPSA) is 17.1 Å². The van der Waals surface area contributed by atoms with Crippen LogP contribution in [0.15, 0.2) is 0 Å². The summed E-state index contributed by atoms with van der Waals surface area (Å²) in [5.74, 6) is 1.15. The van der Waals surface area contributed by atoms with Crippen molar-refractivity contribution in [2.75, 3.05) is 5.33 Å². The molecule has 2 aliphatic carbocycles. The van der Waals surface area contributed by atoms with E-state index in [1.165, 1.54) is 6.42 Å². The Kier molecular flexibility index (Phi) is 1.70. The first-order valence-electron chi connectivity index (χ1n) is 4.64. The molecule has 0 heterocycles. The van der Waals surface area contributed by atoms with Gasteiger partial charge in [-0.1, -0.05) is 29.8 Å². The molecule has 0 aromatic rings. The fraction of sp³-hybridized carbons (Fsp3) is 0.900. The van der Waals surface area contributed by atoms with Crippen LogP contribution in [0.2, 0.25) is 0 Å². The van der Waals surface area contributed by atoms with Crippen molar-refractivity contribution in [1.29, 1.82) is 0 Å². The van der Waals surface area contributed by atoms with E-state index < -0.39 is 0 Å². The average molecular weight is 231 g/mol. The summed E-state index contributed by atoms with van der Waals surface area (Å²) in [6.45, 7) is 4.42. The molecule has 0 radical (unpaired) electrons. The van der Waals surface area contributed by atoms with Gasteiger partial charge in [0.1, 0.15) is 5.78 Å². The molecule has 0 saturated heterocycles. The van der Waals surface area contributed by atoms with Gasteiger partial charge < -0.3 is 0 Å². The Morgan fingerprint density at radius 3 is 2.50 bits per heavy atom. The predicted molar refractivity (Wildman–Crippen MR) is 52.4 cm³/mol. The van der Waals surface area contributed by atoms with Crippen LogP contribution in [0.5, 0.6) is 0 Å². The van der Waals surface area contributed by atoms with Crippen molar-refractivity contribution in [3.05, 3.63) is 0 Å². The summed E-state index contributed by atoms with van der Waals surface area (Å²) in [6.07, 6.45) is 3.20. The first kappa shape index (κ1) is 8.74. The van der Waals surface area contributed by atoms with Crippen LogP contribution in [0.4, 0.5) is 0 Å². The van der Waals surface area contributed by atoms with Gasteiger partial charge in [-0.05, 0) is 24.2 Å². The molecule has 0 amide bonds. The van der Waals surface area contributed by atoms with Gasteiger partial charge >= 0.3 is 0 Å². The average Bonchev–Trinajstić information content (AvgIpc) is 2.39. The predicted octanol–water partition coefficient (Wildman–Crippen LogP) is 2.78. The van der Waals surface area contributed by atoms with E-state index in [4.69, 9.17) is 0 Å². The van der Waals surface area contributed by atoms with Crippen LogP contribution < -0.4 is 0 Å². The van der Waals surface area contributed by atoms with Gasteiger partial charge in [0.25, 0.3) is 0 Å². The van der Waals surface area contributed by atoms with Gasteiger partial charge in [-0.2, -0.15) is 0 Å². The molecule has 0 aromatic carbocycles. The number of hydrogen-bond donors (Lipinski definition) is 0. The van der Waals surface area contributed by atoms with Crippen LogP contribution in [-0.2, 0) is 4.79 Å². The van der Waals surface area contributed by atoms with Crippen molar-refractivity contribution < 1.29 is 4.79 Å². The number of carbonyl (C=O) groups excluding carboxylic acids is 1. The lowest BCUT2D eigenvalue weighted by molar-refractivity contribution is -0.128. The molecule has 0 aromatic heterocycles. The van der Waals surface area contributed by atoms with Crippen molar-refractivity contribution in [3.8, 4) is 0 Å². The molecule has 2 fully saturated rings. The van der Waals surface area contributed by atoms with Crippen LogP contribution in [-0.4, -0.2) is 11.1 Å². The van der Waals surface area contributed by atoms with E-state index in [0.29, 0.717) is 11.7 Å². The molecule has 12 heavy (non-hydrogen) atoms. The van der Waals surface area contributed by atoms with Crippen molar-refractivity contribution in [3.63, 3.8) is 0 Å². The minimum Gasteiger partial charge on any atom is -0.299 e. The number of ketones is 1. The smallest absolute Gasteiger partial charge is 0.139 e. The highest BCUT2D eigenvalue weighted by Crippen LogP contribution is 2.64. The Bertz CT molecular complexity index is 238. The molecule has 0 N–H and O–H groups in total. The lowest BCUT2D eigenvalue weighted by Gasteiger charge is -2.34. The largest absolute Gasteiger partial charge is 0.299 e. The molecule has 2 saturated carbocycles. The van der Waals surface area contributed by atoms with E-state index in [1.54, 1.807) is 0 Å².